The van der Waals surface area contributed by atoms with Gasteiger partial charge in [-0.1, -0.05) is 31.5 Å². The molecule has 1 heterocycles. The summed E-state index contributed by atoms with van der Waals surface area (Å²) in [5, 5.41) is 3.05. The van der Waals surface area contributed by atoms with Crippen LogP contribution in [0.4, 0.5) is 5.69 Å². The number of nitrogens with zero attached hydrogens (tertiary/aromatic N) is 2. The Bertz CT molecular complexity index is 689. The standard InChI is InChI=1S/C15H15BrClN3O/c1-8(2)14-18-7-11(17)13(20-14)15(21)19-12-6-9(3)4-5-10(12)16/h4-8H,1-3H3,(H,19,21). The zero-order chi connectivity index (χ0) is 15.6. The van der Waals surface area contributed by atoms with Gasteiger partial charge in [0.2, 0.25) is 0 Å². The normalized spacial score (nSPS) is 10.8. The van der Waals surface area contributed by atoms with Crippen molar-refractivity contribution >= 4 is 39.1 Å². The van der Waals surface area contributed by atoms with Crippen LogP contribution in [0.1, 0.15) is 41.6 Å². The van der Waals surface area contributed by atoms with Gasteiger partial charge in [-0.2, -0.15) is 0 Å². The monoisotopic (exact) mass is 367 g/mol. The quantitative estimate of drug-likeness (QED) is 0.863. The second-order valence-electron chi connectivity index (χ2n) is 5.02. The van der Waals surface area contributed by atoms with E-state index in [-0.39, 0.29) is 22.5 Å². The molecule has 1 amide bonds. The van der Waals surface area contributed by atoms with Crippen molar-refractivity contribution < 1.29 is 4.79 Å². The third-order valence-corrected chi connectivity index (χ3v) is 3.83. The third-order valence-electron chi connectivity index (χ3n) is 2.86. The highest BCUT2D eigenvalue weighted by Crippen LogP contribution is 2.25. The molecular formula is C15H15BrClN3O. The molecular weight excluding hydrogens is 354 g/mol. The van der Waals surface area contributed by atoms with Gasteiger partial charge < -0.3 is 5.32 Å². The minimum Gasteiger partial charge on any atom is -0.320 e. The van der Waals surface area contributed by atoms with E-state index in [1.165, 1.54) is 6.20 Å². The summed E-state index contributed by atoms with van der Waals surface area (Å²) < 4.78 is 0.802. The Morgan fingerprint density at radius 1 is 1.38 bits per heavy atom. The molecule has 6 heteroatoms. The Morgan fingerprint density at radius 3 is 2.76 bits per heavy atom. The van der Waals surface area contributed by atoms with Crippen LogP contribution >= 0.6 is 27.5 Å². The van der Waals surface area contributed by atoms with E-state index in [0.29, 0.717) is 11.5 Å². The molecule has 0 saturated carbocycles. The first-order valence-electron chi connectivity index (χ1n) is 6.48. The van der Waals surface area contributed by atoms with E-state index in [4.69, 9.17) is 11.6 Å². The van der Waals surface area contributed by atoms with Gasteiger partial charge in [-0.05, 0) is 40.5 Å². The maximum absolute atomic E-state index is 12.4. The van der Waals surface area contributed by atoms with Crippen LogP contribution in [-0.2, 0) is 0 Å². The summed E-state index contributed by atoms with van der Waals surface area (Å²) in [6, 6.07) is 5.71. The predicted octanol–water partition coefficient (Wildman–Crippen LogP) is 4.58. The molecule has 110 valence electrons. The van der Waals surface area contributed by atoms with Crippen LogP contribution in [0.5, 0.6) is 0 Å². The van der Waals surface area contributed by atoms with Crippen LogP contribution in [-0.4, -0.2) is 15.9 Å². The minimum absolute atomic E-state index is 0.125. The first-order chi connectivity index (χ1) is 9.88. The van der Waals surface area contributed by atoms with Crippen molar-refractivity contribution in [1.29, 1.82) is 0 Å². The molecule has 0 saturated heterocycles. The smallest absolute Gasteiger partial charge is 0.275 e. The third kappa shape index (κ3) is 3.80. The van der Waals surface area contributed by atoms with Gasteiger partial charge in [-0.3, -0.25) is 4.79 Å². The van der Waals surface area contributed by atoms with Crippen molar-refractivity contribution in [1.82, 2.24) is 9.97 Å². The summed E-state index contributed by atoms with van der Waals surface area (Å²) >= 11 is 9.44. The summed E-state index contributed by atoms with van der Waals surface area (Å²) in [7, 11) is 0. The summed E-state index contributed by atoms with van der Waals surface area (Å²) in [6.07, 6.45) is 1.46. The Hall–Kier alpha value is -1.46. The number of benzene rings is 1. The number of anilines is 1. The van der Waals surface area contributed by atoms with Gasteiger partial charge in [0, 0.05) is 10.4 Å². The molecule has 0 aliphatic rings. The zero-order valence-electron chi connectivity index (χ0n) is 11.9. The zero-order valence-corrected chi connectivity index (χ0v) is 14.3. The van der Waals surface area contributed by atoms with Crippen molar-refractivity contribution in [2.45, 2.75) is 26.7 Å². The summed E-state index contributed by atoms with van der Waals surface area (Å²) in [5.74, 6) is 0.364. The van der Waals surface area contributed by atoms with Gasteiger partial charge >= 0.3 is 0 Å². The topological polar surface area (TPSA) is 54.9 Å². The molecule has 0 radical (unpaired) electrons. The van der Waals surface area contributed by atoms with Crippen LogP contribution in [0.25, 0.3) is 0 Å². The molecule has 1 aromatic carbocycles. The number of hydrogen-bond donors (Lipinski definition) is 1. The van der Waals surface area contributed by atoms with Crippen molar-refractivity contribution in [3.8, 4) is 0 Å². The van der Waals surface area contributed by atoms with Crippen LogP contribution in [0.2, 0.25) is 5.02 Å². The molecule has 0 spiro atoms. The largest absolute Gasteiger partial charge is 0.320 e. The fraction of sp³-hybridized carbons (Fsp3) is 0.267. The van der Waals surface area contributed by atoms with Crippen LogP contribution < -0.4 is 5.32 Å². The van der Waals surface area contributed by atoms with E-state index < -0.39 is 0 Å². The lowest BCUT2D eigenvalue weighted by molar-refractivity contribution is 0.102. The highest BCUT2D eigenvalue weighted by molar-refractivity contribution is 9.10. The van der Waals surface area contributed by atoms with Gasteiger partial charge in [0.05, 0.1) is 16.9 Å². The summed E-state index contributed by atoms with van der Waals surface area (Å²) in [4.78, 5) is 20.7. The van der Waals surface area contributed by atoms with E-state index in [2.05, 4.69) is 31.2 Å². The summed E-state index contributed by atoms with van der Waals surface area (Å²) in [5.41, 5.74) is 1.91. The molecule has 2 aromatic rings. The maximum Gasteiger partial charge on any atom is 0.275 e. The number of aromatic nitrogens is 2. The van der Waals surface area contributed by atoms with E-state index in [0.717, 1.165) is 10.0 Å². The average Bonchev–Trinajstić information content (AvgIpc) is 2.43. The Morgan fingerprint density at radius 2 is 2.10 bits per heavy atom. The molecule has 0 fully saturated rings. The number of amides is 1. The van der Waals surface area contributed by atoms with E-state index in [1.807, 2.05) is 39.0 Å². The molecule has 1 aromatic heterocycles. The Balaban J connectivity index is 2.32. The van der Waals surface area contributed by atoms with E-state index >= 15 is 0 Å². The molecule has 21 heavy (non-hydrogen) atoms. The highest BCUT2D eigenvalue weighted by Gasteiger charge is 2.16. The molecule has 0 aliphatic carbocycles. The van der Waals surface area contributed by atoms with Crippen molar-refractivity contribution in [3.63, 3.8) is 0 Å². The summed E-state index contributed by atoms with van der Waals surface area (Å²) in [6.45, 7) is 5.88. The average molecular weight is 369 g/mol. The number of hydrogen-bond acceptors (Lipinski definition) is 3. The van der Waals surface area contributed by atoms with Crippen molar-refractivity contribution in [2.24, 2.45) is 0 Å². The molecule has 0 aliphatic heterocycles. The molecule has 4 nitrogen and oxygen atoms in total. The molecule has 0 unspecified atom stereocenters. The fourth-order valence-electron chi connectivity index (χ4n) is 1.73. The maximum atomic E-state index is 12.4. The molecule has 1 N–H and O–H groups in total. The van der Waals surface area contributed by atoms with Gasteiger partial charge in [-0.15, -0.1) is 0 Å². The fourth-order valence-corrected chi connectivity index (χ4v) is 2.26. The lowest BCUT2D eigenvalue weighted by atomic mass is 10.2. The number of halogens is 2. The van der Waals surface area contributed by atoms with Gasteiger partial charge in [-0.25, -0.2) is 9.97 Å². The van der Waals surface area contributed by atoms with E-state index in [9.17, 15) is 4.79 Å². The second-order valence-corrected chi connectivity index (χ2v) is 6.28. The van der Waals surface area contributed by atoms with Crippen molar-refractivity contribution in [3.05, 3.63) is 51.0 Å². The van der Waals surface area contributed by atoms with Crippen LogP contribution in [0.3, 0.4) is 0 Å². The van der Waals surface area contributed by atoms with Gasteiger partial charge in [0.15, 0.2) is 5.69 Å². The van der Waals surface area contributed by atoms with E-state index in [1.54, 1.807) is 0 Å². The van der Waals surface area contributed by atoms with Gasteiger partial charge in [0.25, 0.3) is 5.91 Å². The number of carbonyl (C=O) groups excluding carboxylic acids is 1. The van der Waals surface area contributed by atoms with Gasteiger partial charge in [0.1, 0.15) is 5.82 Å². The van der Waals surface area contributed by atoms with Crippen LogP contribution in [0, 0.1) is 6.92 Å². The predicted molar refractivity (Wildman–Crippen MR) is 88.0 cm³/mol. The first kappa shape index (κ1) is 15.9. The lowest BCUT2D eigenvalue weighted by Crippen LogP contribution is -2.16. The number of carbonyl (C=O) groups is 1. The van der Waals surface area contributed by atoms with Crippen molar-refractivity contribution in [2.75, 3.05) is 5.32 Å². The number of rotatable bonds is 3. The highest BCUT2D eigenvalue weighted by atomic mass is 79.9. The lowest BCUT2D eigenvalue weighted by Gasteiger charge is -2.10. The SMILES string of the molecule is Cc1ccc(Br)c(NC(=O)c2nc(C(C)C)ncc2Cl)c1. The molecule has 2 rings (SSSR count). The first-order valence-corrected chi connectivity index (χ1v) is 7.65. The second kappa shape index (κ2) is 6.54. The minimum atomic E-state index is -0.351. The molecule has 0 bridgehead atoms. The van der Waals surface area contributed by atoms with Crippen LogP contribution in [0.15, 0.2) is 28.9 Å². The number of nitrogens with one attached hydrogen (secondary N) is 1. The Labute approximate surface area is 137 Å². The molecule has 0 atom stereocenters. The number of aryl methyl sites for hydroxylation is 1. The Kier molecular flexibility index (Phi) is 4.96.